The molecule has 1 N–H and O–H groups in total. The maximum absolute atomic E-state index is 10.5. The van der Waals surface area contributed by atoms with Crippen LogP contribution in [0.2, 0.25) is 0 Å². The molecule has 1 rings (SSSR count). The second-order valence-electron chi connectivity index (χ2n) is 2.62. The van der Waals surface area contributed by atoms with E-state index in [1.54, 1.807) is 12.1 Å². The molecule has 0 bridgehead atoms. The molecule has 0 aliphatic carbocycles. The van der Waals surface area contributed by atoms with Crippen LogP contribution in [0.1, 0.15) is 5.56 Å². The number of carbonyl (C=O) groups is 1. The van der Waals surface area contributed by atoms with Crippen LogP contribution >= 0.6 is 0 Å². The summed E-state index contributed by atoms with van der Waals surface area (Å²) in [5.41, 5.74) is 0.956. The van der Waals surface area contributed by atoms with Crippen molar-refractivity contribution in [1.82, 2.24) is 0 Å². The first kappa shape index (κ1) is 13.6. The quantitative estimate of drug-likeness (QED) is 0.608. The third-order valence-corrected chi connectivity index (χ3v) is 2.28. The Morgan fingerprint density at radius 2 is 1.67 bits per heavy atom. The lowest BCUT2D eigenvalue weighted by atomic mass is 10.2. The zero-order chi connectivity index (χ0) is 11.9. The van der Waals surface area contributed by atoms with Crippen LogP contribution in [0.5, 0.6) is 0 Å². The van der Waals surface area contributed by atoms with Crippen molar-refractivity contribution in [3.05, 3.63) is 29.8 Å². The van der Waals surface area contributed by atoms with Crippen molar-refractivity contribution in [2.75, 3.05) is 7.11 Å². The average Bonchev–Trinajstić information content (AvgIpc) is 2.17. The van der Waals surface area contributed by atoms with Gasteiger partial charge in [-0.3, -0.25) is 9.35 Å². The van der Waals surface area contributed by atoms with Gasteiger partial charge in [0.25, 0.3) is 16.6 Å². The lowest BCUT2D eigenvalue weighted by Crippen LogP contribution is -1.96. The van der Waals surface area contributed by atoms with Crippen LogP contribution in [0.4, 0.5) is 0 Å². The molecule has 0 spiro atoms. The summed E-state index contributed by atoms with van der Waals surface area (Å²) in [6.45, 7) is 2.22. The smallest absolute Gasteiger partial charge is 0.294 e. The lowest BCUT2D eigenvalue weighted by Gasteiger charge is -1.95. The number of methoxy groups -OCH3 is 1. The molecule has 0 aliphatic heterocycles. The Balaban J connectivity index is 0.000000423. The van der Waals surface area contributed by atoms with Crippen molar-refractivity contribution in [2.24, 2.45) is 0 Å². The van der Waals surface area contributed by atoms with E-state index in [0.717, 1.165) is 5.56 Å². The van der Waals surface area contributed by atoms with Crippen LogP contribution in [-0.4, -0.2) is 26.6 Å². The predicted octanol–water partition coefficient (Wildman–Crippen LogP) is 1.03. The molecule has 0 saturated carbocycles. The molecule has 0 amide bonds. The highest BCUT2D eigenvalue weighted by Gasteiger charge is 2.06. The molecule has 0 fully saturated rings. The SMILES string of the molecule is COC=O.Cc1ccc(S(=O)(=O)O)cc1. The topological polar surface area (TPSA) is 80.7 Å². The number of hydrogen-bond acceptors (Lipinski definition) is 4. The molecule has 6 heteroatoms. The van der Waals surface area contributed by atoms with Gasteiger partial charge in [0.05, 0.1) is 12.0 Å². The fourth-order valence-electron chi connectivity index (χ4n) is 0.710. The molecule has 1 aromatic carbocycles. The number of hydrogen-bond donors (Lipinski definition) is 1. The molecule has 1 aromatic rings. The third-order valence-electron chi connectivity index (χ3n) is 1.42. The lowest BCUT2D eigenvalue weighted by molar-refractivity contribution is -0.126. The molecule has 0 atom stereocenters. The van der Waals surface area contributed by atoms with Gasteiger partial charge in [-0.1, -0.05) is 17.7 Å². The van der Waals surface area contributed by atoms with Gasteiger partial charge >= 0.3 is 0 Å². The molecule has 0 saturated heterocycles. The normalized spacial score (nSPS) is 9.80. The Kier molecular flexibility index (Phi) is 5.58. The minimum Gasteiger partial charge on any atom is -0.471 e. The van der Waals surface area contributed by atoms with E-state index in [-0.39, 0.29) is 4.90 Å². The maximum atomic E-state index is 10.5. The predicted molar refractivity (Wildman–Crippen MR) is 54.1 cm³/mol. The van der Waals surface area contributed by atoms with Crippen LogP contribution in [0, 0.1) is 6.92 Å². The van der Waals surface area contributed by atoms with E-state index in [1.165, 1.54) is 19.2 Å². The zero-order valence-corrected chi connectivity index (χ0v) is 9.19. The van der Waals surface area contributed by atoms with E-state index in [9.17, 15) is 8.42 Å². The number of carbonyl (C=O) groups excluding carboxylic acids is 1. The third kappa shape index (κ3) is 5.82. The molecule has 84 valence electrons. The number of ether oxygens (including phenoxy) is 1. The van der Waals surface area contributed by atoms with Gasteiger partial charge in [-0.25, -0.2) is 0 Å². The largest absolute Gasteiger partial charge is 0.471 e. The summed E-state index contributed by atoms with van der Waals surface area (Å²) >= 11 is 0. The van der Waals surface area contributed by atoms with E-state index in [4.69, 9.17) is 9.35 Å². The Morgan fingerprint density at radius 1 is 1.27 bits per heavy atom. The zero-order valence-electron chi connectivity index (χ0n) is 8.38. The van der Waals surface area contributed by atoms with Gasteiger partial charge in [-0.15, -0.1) is 0 Å². The van der Waals surface area contributed by atoms with E-state index >= 15 is 0 Å². The first-order chi connectivity index (χ1) is 6.91. The van der Waals surface area contributed by atoms with Gasteiger partial charge in [0.1, 0.15) is 0 Å². The molecular formula is C9H12O5S. The minimum absolute atomic E-state index is 0.0666. The second-order valence-corrected chi connectivity index (χ2v) is 4.04. The van der Waals surface area contributed by atoms with Gasteiger partial charge in [-0.2, -0.15) is 8.42 Å². The van der Waals surface area contributed by atoms with Crippen molar-refractivity contribution in [3.8, 4) is 0 Å². The number of aryl methyl sites for hydroxylation is 1. The van der Waals surface area contributed by atoms with Gasteiger partial charge in [-0.05, 0) is 19.1 Å². The average molecular weight is 232 g/mol. The first-order valence-electron chi connectivity index (χ1n) is 3.92. The summed E-state index contributed by atoms with van der Waals surface area (Å²) in [4.78, 5) is 8.88. The van der Waals surface area contributed by atoms with Crippen LogP contribution in [0.25, 0.3) is 0 Å². The molecule has 5 nitrogen and oxygen atoms in total. The van der Waals surface area contributed by atoms with Crippen molar-refractivity contribution in [2.45, 2.75) is 11.8 Å². The van der Waals surface area contributed by atoms with E-state index in [1.807, 2.05) is 6.92 Å². The van der Waals surface area contributed by atoms with Gasteiger partial charge in [0.2, 0.25) is 0 Å². The minimum atomic E-state index is -4.02. The molecular weight excluding hydrogens is 220 g/mol. The first-order valence-corrected chi connectivity index (χ1v) is 5.36. The number of benzene rings is 1. The summed E-state index contributed by atoms with van der Waals surface area (Å²) in [5.74, 6) is 0. The number of rotatable bonds is 2. The van der Waals surface area contributed by atoms with E-state index < -0.39 is 10.1 Å². The summed E-state index contributed by atoms with van der Waals surface area (Å²) in [7, 11) is -2.71. The highest BCUT2D eigenvalue weighted by Crippen LogP contribution is 2.08. The highest BCUT2D eigenvalue weighted by molar-refractivity contribution is 7.85. The monoisotopic (exact) mass is 232 g/mol. The molecule has 0 radical (unpaired) electrons. The van der Waals surface area contributed by atoms with Crippen LogP contribution in [0.3, 0.4) is 0 Å². The Morgan fingerprint density at radius 3 is 1.93 bits per heavy atom. The molecule has 0 unspecified atom stereocenters. The molecule has 15 heavy (non-hydrogen) atoms. The fourth-order valence-corrected chi connectivity index (χ4v) is 1.19. The van der Waals surface area contributed by atoms with Crippen molar-refractivity contribution >= 4 is 16.6 Å². The van der Waals surface area contributed by atoms with Crippen LogP contribution in [-0.2, 0) is 19.6 Å². The second kappa shape index (κ2) is 6.15. The molecule has 0 aliphatic rings. The summed E-state index contributed by atoms with van der Waals surface area (Å²) < 4.78 is 33.4. The fraction of sp³-hybridized carbons (Fsp3) is 0.222. The Hall–Kier alpha value is -1.40. The van der Waals surface area contributed by atoms with Gasteiger partial charge in [0, 0.05) is 0 Å². The van der Waals surface area contributed by atoms with Crippen molar-refractivity contribution in [1.29, 1.82) is 0 Å². The van der Waals surface area contributed by atoms with Gasteiger partial charge in [0.15, 0.2) is 0 Å². The van der Waals surface area contributed by atoms with Gasteiger partial charge < -0.3 is 4.74 Å². The standard InChI is InChI=1S/C7H8O3S.C2H4O2/c1-6-2-4-7(5-3-6)11(8,9)10;1-4-2-3/h2-5H,1H3,(H,8,9,10);2H,1H3. The summed E-state index contributed by atoms with van der Waals surface area (Å²) in [6, 6.07) is 5.99. The summed E-state index contributed by atoms with van der Waals surface area (Å²) in [6.07, 6.45) is 0. The Labute approximate surface area is 88.4 Å². The Bertz CT molecular complexity index is 393. The van der Waals surface area contributed by atoms with E-state index in [2.05, 4.69) is 4.74 Å². The van der Waals surface area contributed by atoms with Crippen molar-refractivity contribution < 1.29 is 22.5 Å². The van der Waals surface area contributed by atoms with Crippen molar-refractivity contribution in [3.63, 3.8) is 0 Å². The van der Waals surface area contributed by atoms with Crippen LogP contribution in [0.15, 0.2) is 29.2 Å². The molecule has 0 heterocycles. The van der Waals surface area contributed by atoms with Crippen LogP contribution < -0.4 is 0 Å². The maximum Gasteiger partial charge on any atom is 0.294 e. The van der Waals surface area contributed by atoms with E-state index in [0.29, 0.717) is 6.47 Å². The summed E-state index contributed by atoms with van der Waals surface area (Å²) in [5, 5.41) is 0. The molecule has 0 aromatic heterocycles. The highest BCUT2D eigenvalue weighted by atomic mass is 32.2.